The third-order valence-corrected chi connectivity index (χ3v) is 2.68. The minimum Gasteiger partial charge on any atom is -0.393 e. The molecule has 0 spiro atoms. The SMILES string of the molecule is NC(=S)CCCCOC1CCCC1. The van der Waals surface area contributed by atoms with Crippen LogP contribution in [0.15, 0.2) is 0 Å². The van der Waals surface area contributed by atoms with Gasteiger partial charge in [-0.25, -0.2) is 0 Å². The number of hydrogen-bond acceptors (Lipinski definition) is 2. The summed E-state index contributed by atoms with van der Waals surface area (Å²) in [7, 11) is 0. The van der Waals surface area contributed by atoms with E-state index in [-0.39, 0.29) is 0 Å². The fourth-order valence-corrected chi connectivity index (χ4v) is 1.85. The second-order valence-electron chi connectivity index (χ2n) is 3.70. The van der Waals surface area contributed by atoms with Gasteiger partial charge in [0.25, 0.3) is 0 Å². The van der Waals surface area contributed by atoms with Crippen molar-refractivity contribution in [1.29, 1.82) is 0 Å². The monoisotopic (exact) mass is 201 g/mol. The fourth-order valence-electron chi connectivity index (χ4n) is 1.71. The Hall–Kier alpha value is -0.150. The zero-order chi connectivity index (χ0) is 9.52. The normalized spacial score (nSPS) is 17.8. The molecule has 1 fully saturated rings. The quantitative estimate of drug-likeness (QED) is 0.529. The molecule has 1 saturated carbocycles. The van der Waals surface area contributed by atoms with Gasteiger partial charge in [-0.05, 0) is 32.1 Å². The summed E-state index contributed by atoms with van der Waals surface area (Å²) in [5, 5.41) is 0. The van der Waals surface area contributed by atoms with Gasteiger partial charge in [-0.2, -0.15) is 0 Å². The van der Waals surface area contributed by atoms with Crippen LogP contribution in [0.2, 0.25) is 0 Å². The molecule has 1 rings (SSSR count). The molecular weight excluding hydrogens is 182 g/mol. The van der Waals surface area contributed by atoms with Crippen molar-refractivity contribution in [3.8, 4) is 0 Å². The van der Waals surface area contributed by atoms with Crippen LogP contribution < -0.4 is 5.73 Å². The molecule has 2 N–H and O–H groups in total. The maximum absolute atomic E-state index is 5.70. The summed E-state index contributed by atoms with van der Waals surface area (Å²) in [5.41, 5.74) is 5.39. The van der Waals surface area contributed by atoms with Crippen LogP contribution in [-0.2, 0) is 4.74 Å². The van der Waals surface area contributed by atoms with Crippen LogP contribution in [0.25, 0.3) is 0 Å². The van der Waals surface area contributed by atoms with Crippen molar-refractivity contribution in [1.82, 2.24) is 0 Å². The van der Waals surface area contributed by atoms with E-state index in [0.717, 1.165) is 25.9 Å². The lowest BCUT2D eigenvalue weighted by molar-refractivity contribution is 0.0562. The molecule has 76 valence electrons. The Morgan fingerprint density at radius 2 is 2.00 bits per heavy atom. The lowest BCUT2D eigenvalue weighted by Crippen LogP contribution is -2.10. The predicted octanol–water partition coefficient (Wildman–Crippen LogP) is 2.40. The van der Waals surface area contributed by atoms with Gasteiger partial charge in [0.1, 0.15) is 0 Å². The van der Waals surface area contributed by atoms with E-state index >= 15 is 0 Å². The van der Waals surface area contributed by atoms with Gasteiger partial charge >= 0.3 is 0 Å². The maximum atomic E-state index is 5.70. The molecule has 13 heavy (non-hydrogen) atoms. The number of unbranched alkanes of at least 4 members (excludes halogenated alkanes) is 1. The van der Waals surface area contributed by atoms with Crippen LogP contribution in [-0.4, -0.2) is 17.7 Å². The second kappa shape index (κ2) is 6.33. The van der Waals surface area contributed by atoms with E-state index in [4.69, 9.17) is 22.7 Å². The Morgan fingerprint density at radius 3 is 2.62 bits per heavy atom. The molecule has 0 atom stereocenters. The molecule has 0 amide bonds. The number of rotatable bonds is 6. The minimum atomic E-state index is 0.546. The van der Waals surface area contributed by atoms with Crippen molar-refractivity contribution >= 4 is 17.2 Å². The van der Waals surface area contributed by atoms with Crippen LogP contribution >= 0.6 is 12.2 Å². The van der Waals surface area contributed by atoms with Crippen molar-refractivity contribution in [2.24, 2.45) is 5.73 Å². The first-order valence-corrected chi connectivity index (χ1v) is 5.60. The van der Waals surface area contributed by atoms with E-state index in [1.807, 2.05) is 0 Å². The molecule has 0 bridgehead atoms. The Balaban J connectivity index is 1.86. The van der Waals surface area contributed by atoms with Crippen LogP contribution in [0.3, 0.4) is 0 Å². The molecule has 0 radical (unpaired) electrons. The highest BCUT2D eigenvalue weighted by Gasteiger charge is 2.14. The van der Waals surface area contributed by atoms with E-state index in [1.54, 1.807) is 0 Å². The third-order valence-electron chi connectivity index (χ3n) is 2.47. The molecule has 1 aliphatic carbocycles. The molecule has 0 aromatic rings. The van der Waals surface area contributed by atoms with Crippen molar-refractivity contribution in [3.05, 3.63) is 0 Å². The topological polar surface area (TPSA) is 35.2 Å². The highest BCUT2D eigenvalue weighted by atomic mass is 32.1. The first kappa shape index (κ1) is 10.9. The smallest absolute Gasteiger partial charge is 0.0727 e. The largest absolute Gasteiger partial charge is 0.393 e. The molecule has 3 heteroatoms. The minimum absolute atomic E-state index is 0.546. The molecule has 0 saturated heterocycles. The predicted molar refractivity (Wildman–Crippen MR) is 58.8 cm³/mol. The van der Waals surface area contributed by atoms with Crippen LogP contribution in [0, 0.1) is 0 Å². The van der Waals surface area contributed by atoms with Crippen LogP contribution in [0.4, 0.5) is 0 Å². The summed E-state index contributed by atoms with van der Waals surface area (Å²) < 4.78 is 5.70. The van der Waals surface area contributed by atoms with E-state index in [2.05, 4.69) is 0 Å². The van der Waals surface area contributed by atoms with Crippen LogP contribution in [0.1, 0.15) is 44.9 Å². The molecule has 2 nitrogen and oxygen atoms in total. The third kappa shape index (κ3) is 5.21. The number of thiocarbonyl (C=S) groups is 1. The first-order valence-electron chi connectivity index (χ1n) is 5.19. The summed E-state index contributed by atoms with van der Waals surface area (Å²) in [6.07, 6.45) is 8.78. The highest BCUT2D eigenvalue weighted by molar-refractivity contribution is 7.80. The summed E-state index contributed by atoms with van der Waals surface area (Å²) in [6.45, 7) is 0.882. The van der Waals surface area contributed by atoms with Gasteiger partial charge in [0.05, 0.1) is 11.1 Å². The maximum Gasteiger partial charge on any atom is 0.0727 e. The van der Waals surface area contributed by atoms with Gasteiger partial charge in [0, 0.05) is 6.61 Å². The number of hydrogen-bond donors (Lipinski definition) is 1. The number of nitrogens with two attached hydrogens (primary N) is 1. The fraction of sp³-hybridized carbons (Fsp3) is 0.900. The average Bonchev–Trinajstić information content (AvgIpc) is 2.55. The molecule has 0 heterocycles. The van der Waals surface area contributed by atoms with Crippen molar-refractivity contribution in [2.75, 3.05) is 6.61 Å². The average molecular weight is 201 g/mol. The second-order valence-corrected chi connectivity index (χ2v) is 4.23. The van der Waals surface area contributed by atoms with Crippen molar-refractivity contribution in [3.63, 3.8) is 0 Å². The van der Waals surface area contributed by atoms with Gasteiger partial charge in [-0.3, -0.25) is 0 Å². The Bertz CT molecular complexity index is 155. The number of ether oxygens (including phenoxy) is 1. The van der Waals surface area contributed by atoms with Gasteiger partial charge in [-0.1, -0.05) is 25.1 Å². The highest BCUT2D eigenvalue weighted by Crippen LogP contribution is 2.20. The molecule has 0 aromatic carbocycles. The summed E-state index contributed by atoms with van der Waals surface area (Å²) >= 11 is 4.79. The molecule has 0 aromatic heterocycles. The summed E-state index contributed by atoms with van der Waals surface area (Å²) in [6, 6.07) is 0. The van der Waals surface area contributed by atoms with Crippen molar-refractivity contribution in [2.45, 2.75) is 51.0 Å². The molecule has 0 unspecified atom stereocenters. The van der Waals surface area contributed by atoms with Crippen molar-refractivity contribution < 1.29 is 4.74 Å². The Kier molecular flexibility index (Phi) is 5.32. The standard InChI is InChI=1S/C10H19NOS/c11-10(13)7-3-4-8-12-9-5-1-2-6-9/h9H,1-8H2,(H2,11,13). The summed E-state index contributed by atoms with van der Waals surface area (Å²) in [4.78, 5) is 0.626. The lowest BCUT2D eigenvalue weighted by Gasteiger charge is -2.10. The lowest BCUT2D eigenvalue weighted by atomic mass is 10.2. The summed E-state index contributed by atoms with van der Waals surface area (Å²) in [5.74, 6) is 0. The van der Waals surface area contributed by atoms with Gasteiger partial charge in [0.2, 0.25) is 0 Å². The van der Waals surface area contributed by atoms with E-state index in [0.29, 0.717) is 11.1 Å². The molecule has 0 aliphatic heterocycles. The van der Waals surface area contributed by atoms with Gasteiger partial charge in [0.15, 0.2) is 0 Å². The van der Waals surface area contributed by atoms with Crippen LogP contribution in [0.5, 0.6) is 0 Å². The van der Waals surface area contributed by atoms with E-state index in [9.17, 15) is 0 Å². The zero-order valence-electron chi connectivity index (χ0n) is 8.13. The zero-order valence-corrected chi connectivity index (χ0v) is 8.94. The Labute approximate surface area is 85.8 Å². The Morgan fingerprint density at radius 1 is 1.31 bits per heavy atom. The van der Waals surface area contributed by atoms with Gasteiger partial charge < -0.3 is 10.5 Å². The molecular formula is C10H19NOS. The van der Waals surface area contributed by atoms with Gasteiger partial charge in [-0.15, -0.1) is 0 Å². The first-order chi connectivity index (χ1) is 6.29. The van der Waals surface area contributed by atoms with E-state index in [1.165, 1.54) is 25.7 Å². The molecule has 1 aliphatic rings. The van der Waals surface area contributed by atoms with E-state index < -0.39 is 0 Å².